The maximum absolute atomic E-state index is 13.9. The van der Waals surface area contributed by atoms with E-state index in [2.05, 4.69) is 0 Å². The van der Waals surface area contributed by atoms with Gasteiger partial charge in [0.05, 0.1) is 0 Å². The minimum atomic E-state index is -0.920. The first-order valence-corrected chi connectivity index (χ1v) is 6.95. The van der Waals surface area contributed by atoms with Crippen LogP contribution in [0.15, 0.2) is 47.8 Å². The maximum atomic E-state index is 13.9. The van der Waals surface area contributed by atoms with Gasteiger partial charge in [0.1, 0.15) is 11.9 Å². The standard InChI is InChI=1S/C16H13FOS/c1-10-6-7-14(17)12(8-10)16(18)13-9-19-15-5-3-2-4-11(13)15/h2-9,16,18H,1H3. The van der Waals surface area contributed by atoms with Gasteiger partial charge in [-0.05, 0) is 29.8 Å². The van der Waals surface area contributed by atoms with Gasteiger partial charge in [0.25, 0.3) is 0 Å². The van der Waals surface area contributed by atoms with E-state index in [1.165, 1.54) is 6.07 Å². The summed E-state index contributed by atoms with van der Waals surface area (Å²) >= 11 is 1.56. The molecule has 3 rings (SSSR count). The van der Waals surface area contributed by atoms with Crippen molar-refractivity contribution in [1.82, 2.24) is 0 Å². The Balaban J connectivity index is 2.13. The fraction of sp³-hybridized carbons (Fsp3) is 0.125. The van der Waals surface area contributed by atoms with Crippen LogP contribution in [0.25, 0.3) is 10.1 Å². The molecule has 2 aromatic carbocycles. The van der Waals surface area contributed by atoms with Crippen molar-refractivity contribution < 1.29 is 9.50 Å². The van der Waals surface area contributed by atoms with Gasteiger partial charge < -0.3 is 5.11 Å². The smallest absolute Gasteiger partial charge is 0.129 e. The van der Waals surface area contributed by atoms with E-state index >= 15 is 0 Å². The third kappa shape index (κ3) is 2.15. The third-order valence-electron chi connectivity index (χ3n) is 3.25. The van der Waals surface area contributed by atoms with Crippen LogP contribution in [-0.4, -0.2) is 5.11 Å². The number of aliphatic hydroxyl groups excluding tert-OH is 1. The molecule has 3 aromatic rings. The summed E-state index contributed by atoms with van der Waals surface area (Å²) in [7, 11) is 0. The second kappa shape index (κ2) is 4.76. The zero-order valence-electron chi connectivity index (χ0n) is 10.4. The Morgan fingerprint density at radius 2 is 1.89 bits per heavy atom. The lowest BCUT2D eigenvalue weighted by molar-refractivity contribution is 0.217. The minimum absolute atomic E-state index is 0.337. The normalized spacial score (nSPS) is 12.8. The van der Waals surface area contributed by atoms with Crippen molar-refractivity contribution in [3.8, 4) is 0 Å². The maximum Gasteiger partial charge on any atom is 0.129 e. The van der Waals surface area contributed by atoms with E-state index in [0.29, 0.717) is 5.56 Å². The second-order valence-electron chi connectivity index (χ2n) is 4.61. The summed E-state index contributed by atoms with van der Waals surface area (Å²) in [5.41, 5.74) is 2.05. The summed E-state index contributed by atoms with van der Waals surface area (Å²) < 4.78 is 15.0. The number of benzene rings is 2. The lowest BCUT2D eigenvalue weighted by Gasteiger charge is -2.12. The quantitative estimate of drug-likeness (QED) is 0.731. The molecule has 19 heavy (non-hydrogen) atoms. The molecule has 0 aliphatic rings. The molecule has 0 saturated heterocycles. The monoisotopic (exact) mass is 272 g/mol. The fourth-order valence-corrected chi connectivity index (χ4v) is 3.23. The minimum Gasteiger partial charge on any atom is -0.383 e. The topological polar surface area (TPSA) is 20.2 Å². The summed E-state index contributed by atoms with van der Waals surface area (Å²) in [5.74, 6) is -0.367. The highest BCUT2D eigenvalue weighted by atomic mass is 32.1. The van der Waals surface area contributed by atoms with Crippen LogP contribution >= 0.6 is 11.3 Å². The zero-order valence-corrected chi connectivity index (χ0v) is 11.2. The van der Waals surface area contributed by atoms with Crippen molar-refractivity contribution in [2.75, 3.05) is 0 Å². The van der Waals surface area contributed by atoms with Gasteiger partial charge >= 0.3 is 0 Å². The predicted molar refractivity (Wildman–Crippen MR) is 77.0 cm³/mol. The molecule has 0 spiro atoms. The fourth-order valence-electron chi connectivity index (χ4n) is 2.25. The molecule has 1 nitrogen and oxygen atoms in total. The lowest BCUT2D eigenvalue weighted by atomic mass is 9.99. The van der Waals surface area contributed by atoms with Crippen molar-refractivity contribution in [3.63, 3.8) is 0 Å². The number of aryl methyl sites for hydroxylation is 1. The molecule has 3 heteroatoms. The highest BCUT2D eigenvalue weighted by Crippen LogP contribution is 2.34. The molecule has 0 aliphatic carbocycles. The summed E-state index contributed by atoms with van der Waals surface area (Å²) in [4.78, 5) is 0. The van der Waals surface area contributed by atoms with E-state index < -0.39 is 6.10 Å². The van der Waals surface area contributed by atoms with Gasteiger partial charge in [-0.2, -0.15) is 0 Å². The first-order valence-electron chi connectivity index (χ1n) is 6.07. The van der Waals surface area contributed by atoms with Crippen molar-refractivity contribution in [3.05, 3.63) is 70.4 Å². The van der Waals surface area contributed by atoms with Crippen molar-refractivity contribution in [2.24, 2.45) is 0 Å². The number of hydrogen-bond donors (Lipinski definition) is 1. The largest absolute Gasteiger partial charge is 0.383 e. The van der Waals surface area contributed by atoms with E-state index in [1.54, 1.807) is 23.5 Å². The Bertz CT molecular complexity index is 732. The average molecular weight is 272 g/mol. The molecule has 0 amide bonds. The first kappa shape index (κ1) is 12.3. The highest BCUT2D eigenvalue weighted by Gasteiger charge is 2.18. The Morgan fingerprint density at radius 3 is 2.74 bits per heavy atom. The van der Waals surface area contributed by atoms with Gasteiger partial charge in [-0.25, -0.2) is 4.39 Å². The molecule has 0 bridgehead atoms. The zero-order chi connectivity index (χ0) is 13.4. The molecule has 96 valence electrons. The van der Waals surface area contributed by atoms with Gasteiger partial charge in [-0.3, -0.25) is 0 Å². The van der Waals surface area contributed by atoms with Crippen LogP contribution in [0, 0.1) is 12.7 Å². The molecular weight excluding hydrogens is 259 g/mol. The summed E-state index contributed by atoms with van der Waals surface area (Å²) in [6, 6.07) is 12.7. The van der Waals surface area contributed by atoms with Crippen LogP contribution in [-0.2, 0) is 0 Å². The Morgan fingerprint density at radius 1 is 1.11 bits per heavy atom. The third-order valence-corrected chi connectivity index (χ3v) is 4.23. The molecule has 0 radical (unpaired) electrons. The first-order chi connectivity index (χ1) is 9.16. The van der Waals surface area contributed by atoms with Gasteiger partial charge in [-0.15, -0.1) is 11.3 Å². The van der Waals surface area contributed by atoms with Crippen LogP contribution in [0.5, 0.6) is 0 Å². The van der Waals surface area contributed by atoms with Gasteiger partial charge in [0.15, 0.2) is 0 Å². The average Bonchev–Trinajstić information content (AvgIpc) is 2.84. The molecule has 1 unspecified atom stereocenters. The van der Waals surface area contributed by atoms with E-state index in [4.69, 9.17) is 0 Å². The van der Waals surface area contributed by atoms with Crippen LogP contribution in [0.1, 0.15) is 22.8 Å². The number of rotatable bonds is 2. The molecule has 1 heterocycles. The molecule has 1 N–H and O–H groups in total. The van der Waals surface area contributed by atoms with Crippen LogP contribution in [0.4, 0.5) is 4.39 Å². The summed E-state index contributed by atoms with van der Waals surface area (Å²) in [6.07, 6.45) is -0.920. The van der Waals surface area contributed by atoms with E-state index in [0.717, 1.165) is 21.2 Å². The number of fused-ring (bicyclic) bond motifs is 1. The molecular formula is C16H13FOS. The van der Waals surface area contributed by atoms with E-state index in [1.807, 2.05) is 36.6 Å². The Labute approximate surface area is 115 Å². The van der Waals surface area contributed by atoms with Crippen LogP contribution in [0.2, 0.25) is 0 Å². The van der Waals surface area contributed by atoms with Gasteiger partial charge in [0.2, 0.25) is 0 Å². The molecule has 0 fully saturated rings. The Hall–Kier alpha value is -1.71. The highest BCUT2D eigenvalue weighted by molar-refractivity contribution is 7.17. The number of hydrogen-bond acceptors (Lipinski definition) is 2. The number of aliphatic hydroxyl groups is 1. The molecule has 0 aliphatic heterocycles. The Kier molecular flexibility index (Phi) is 3.09. The molecule has 1 atom stereocenters. The van der Waals surface area contributed by atoms with Crippen LogP contribution in [0.3, 0.4) is 0 Å². The second-order valence-corrected chi connectivity index (χ2v) is 5.53. The summed E-state index contributed by atoms with van der Waals surface area (Å²) in [6.45, 7) is 1.89. The molecule has 1 aromatic heterocycles. The number of thiophene rings is 1. The predicted octanol–water partition coefficient (Wildman–Crippen LogP) is 4.43. The van der Waals surface area contributed by atoms with Crippen molar-refractivity contribution in [1.29, 1.82) is 0 Å². The van der Waals surface area contributed by atoms with Gasteiger partial charge in [-0.1, -0.05) is 35.9 Å². The van der Waals surface area contributed by atoms with Crippen LogP contribution < -0.4 is 0 Å². The lowest BCUT2D eigenvalue weighted by Crippen LogP contribution is -2.02. The van der Waals surface area contributed by atoms with E-state index in [-0.39, 0.29) is 5.82 Å². The summed E-state index contributed by atoms with van der Waals surface area (Å²) in [5, 5.41) is 13.3. The number of halogens is 1. The van der Waals surface area contributed by atoms with Crippen molar-refractivity contribution in [2.45, 2.75) is 13.0 Å². The van der Waals surface area contributed by atoms with Gasteiger partial charge in [0, 0.05) is 15.8 Å². The SMILES string of the molecule is Cc1ccc(F)c(C(O)c2csc3ccccc23)c1. The van der Waals surface area contributed by atoms with Crippen molar-refractivity contribution >= 4 is 21.4 Å². The molecule has 0 saturated carbocycles. The van der Waals surface area contributed by atoms with E-state index in [9.17, 15) is 9.50 Å².